The third-order valence-corrected chi connectivity index (χ3v) is 4.12. The fourth-order valence-electron chi connectivity index (χ4n) is 1.05. The van der Waals surface area contributed by atoms with Crippen LogP contribution in [0.1, 0.15) is 19.3 Å². The summed E-state index contributed by atoms with van der Waals surface area (Å²) in [5.74, 6) is 0. The Morgan fingerprint density at radius 1 is 1.64 bits per heavy atom. The molecule has 0 aromatic carbocycles. The summed E-state index contributed by atoms with van der Waals surface area (Å²) in [4.78, 5) is 0. The molecular formula is C6H12BIO2S. The van der Waals surface area contributed by atoms with Crippen LogP contribution in [0.5, 0.6) is 0 Å². The van der Waals surface area contributed by atoms with Gasteiger partial charge in [0.2, 0.25) is 0 Å². The Morgan fingerprint density at radius 3 is 3.00 bits per heavy atom. The van der Waals surface area contributed by atoms with Gasteiger partial charge in [0.15, 0.2) is 0 Å². The number of hydrogen-bond donors (Lipinski definition) is 0. The van der Waals surface area contributed by atoms with Crippen molar-refractivity contribution < 1.29 is 9.39 Å². The molecule has 0 aromatic rings. The first-order chi connectivity index (χ1) is 5.33. The van der Waals surface area contributed by atoms with Crippen LogP contribution in [0, 0.1) is 0 Å². The molecule has 1 saturated heterocycles. The highest BCUT2D eigenvalue weighted by molar-refractivity contribution is 14.2. The van der Waals surface area contributed by atoms with Gasteiger partial charge in [-0.1, -0.05) is 0 Å². The lowest BCUT2D eigenvalue weighted by molar-refractivity contribution is -0.106. The summed E-state index contributed by atoms with van der Waals surface area (Å²) in [6, 6.07) is 0. The van der Waals surface area contributed by atoms with E-state index in [0.717, 1.165) is 13.0 Å². The van der Waals surface area contributed by atoms with E-state index in [1.807, 2.05) is 0 Å². The molecule has 0 aromatic heterocycles. The van der Waals surface area contributed by atoms with Crippen molar-refractivity contribution in [2.24, 2.45) is 0 Å². The number of ether oxygens (including phenoxy) is 1. The van der Waals surface area contributed by atoms with Gasteiger partial charge in [-0.3, -0.25) is 0 Å². The van der Waals surface area contributed by atoms with Gasteiger partial charge in [0.25, 0.3) is 0 Å². The fourth-order valence-corrected chi connectivity index (χ4v) is 1.58. The molecule has 1 heterocycles. The minimum atomic E-state index is 0.0565. The standard InChI is InChI=1S/C6H12BIO2S/c1-7(11-8)10-6-4-2-3-5-9-6/h6H,2-5H2,1H3. The van der Waals surface area contributed by atoms with E-state index in [4.69, 9.17) is 9.39 Å². The molecule has 1 aliphatic heterocycles. The van der Waals surface area contributed by atoms with Gasteiger partial charge in [-0.15, -0.1) is 8.78 Å². The second-order valence-corrected chi connectivity index (χ2v) is 4.96. The van der Waals surface area contributed by atoms with E-state index in [-0.39, 0.29) is 12.5 Å². The highest BCUT2D eigenvalue weighted by Gasteiger charge is 2.18. The van der Waals surface area contributed by atoms with Crippen molar-refractivity contribution in [2.75, 3.05) is 6.61 Å². The monoisotopic (exact) mass is 286 g/mol. The van der Waals surface area contributed by atoms with Crippen LogP contribution in [0.25, 0.3) is 0 Å². The molecule has 0 aliphatic carbocycles. The van der Waals surface area contributed by atoms with Gasteiger partial charge in [0.05, 0.1) is 0 Å². The summed E-state index contributed by atoms with van der Waals surface area (Å²) in [5, 5.41) is 0. The summed E-state index contributed by atoms with van der Waals surface area (Å²) in [6.07, 6.45) is 3.79. The van der Waals surface area contributed by atoms with Crippen LogP contribution >= 0.6 is 30.0 Å². The van der Waals surface area contributed by atoms with Gasteiger partial charge in [0, 0.05) is 6.61 Å². The number of hydrogen-bond acceptors (Lipinski definition) is 3. The van der Waals surface area contributed by atoms with E-state index >= 15 is 0 Å². The van der Waals surface area contributed by atoms with Gasteiger partial charge < -0.3 is 9.39 Å². The summed E-state index contributed by atoms with van der Waals surface area (Å²) in [6.45, 7) is 2.92. The molecule has 0 saturated carbocycles. The largest absolute Gasteiger partial charge is 0.400 e. The van der Waals surface area contributed by atoms with Gasteiger partial charge >= 0.3 is 6.19 Å². The molecule has 0 bridgehead atoms. The molecule has 2 nitrogen and oxygen atoms in total. The fraction of sp³-hybridized carbons (Fsp3) is 1.00. The second kappa shape index (κ2) is 5.67. The molecule has 1 unspecified atom stereocenters. The molecule has 1 aliphatic rings. The Hall–Kier alpha value is 1.06. The Bertz CT molecular complexity index is 111. The first-order valence-corrected chi connectivity index (χ1v) is 7.29. The predicted octanol–water partition coefficient (Wildman–Crippen LogP) is 2.73. The molecule has 0 N–H and O–H groups in total. The normalized spacial score (nSPS) is 25.1. The molecule has 11 heavy (non-hydrogen) atoms. The highest BCUT2D eigenvalue weighted by atomic mass is 127. The van der Waals surface area contributed by atoms with Crippen LogP contribution in [0.2, 0.25) is 6.82 Å². The molecule has 1 fully saturated rings. The first kappa shape index (κ1) is 10.1. The lowest BCUT2D eigenvalue weighted by Crippen LogP contribution is -2.26. The topological polar surface area (TPSA) is 18.5 Å². The lowest BCUT2D eigenvalue weighted by Gasteiger charge is -2.24. The van der Waals surface area contributed by atoms with Crippen molar-refractivity contribution >= 4 is 36.2 Å². The quantitative estimate of drug-likeness (QED) is 0.587. The van der Waals surface area contributed by atoms with Crippen LogP contribution in [0.3, 0.4) is 0 Å². The van der Waals surface area contributed by atoms with Crippen molar-refractivity contribution in [1.82, 2.24) is 0 Å². The third-order valence-electron chi connectivity index (χ3n) is 1.61. The predicted molar refractivity (Wildman–Crippen MR) is 57.9 cm³/mol. The average Bonchev–Trinajstić information content (AvgIpc) is 2.06. The van der Waals surface area contributed by atoms with E-state index in [0.29, 0.717) is 0 Å². The minimum Gasteiger partial charge on any atom is -0.400 e. The molecule has 0 radical (unpaired) electrons. The Labute approximate surface area is 84.4 Å². The van der Waals surface area contributed by atoms with Crippen LogP contribution < -0.4 is 0 Å². The average molecular weight is 286 g/mol. The maximum Gasteiger partial charge on any atom is 0.370 e. The summed E-state index contributed by atoms with van der Waals surface area (Å²) < 4.78 is 11.0. The van der Waals surface area contributed by atoms with Crippen LogP contribution in [-0.2, 0) is 9.39 Å². The highest BCUT2D eigenvalue weighted by Crippen LogP contribution is 2.21. The smallest absolute Gasteiger partial charge is 0.370 e. The molecule has 64 valence electrons. The second-order valence-electron chi connectivity index (χ2n) is 2.59. The molecule has 0 spiro atoms. The van der Waals surface area contributed by atoms with E-state index in [2.05, 4.69) is 28.0 Å². The molecule has 1 atom stereocenters. The van der Waals surface area contributed by atoms with Crippen molar-refractivity contribution in [3.63, 3.8) is 0 Å². The minimum absolute atomic E-state index is 0.0565. The zero-order valence-electron chi connectivity index (χ0n) is 6.59. The van der Waals surface area contributed by atoms with Crippen LogP contribution in [-0.4, -0.2) is 19.1 Å². The Kier molecular flexibility index (Phi) is 5.23. The zero-order chi connectivity index (χ0) is 8.10. The van der Waals surface area contributed by atoms with Crippen molar-refractivity contribution in [3.8, 4) is 0 Å². The van der Waals surface area contributed by atoms with Gasteiger partial charge in [-0.25, -0.2) is 0 Å². The molecule has 0 amide bonds. The van der Waals surface area contributed by atoms with Crippen molar-refractivity contribution in [2.45, 2.75) is 32.4 Å². The summed E-state index contributed by atoms with van der Waals surface area (Å²) >= 11 is 2.25. The number of halogens is 1. The van der Waals surface area contributed by atoms with Gasteiger partial charge in [0.1, 0.15) is 6.29 Å². The third kappa shape index (κ3) is 4.01. The van der Waals surface area contributed by atoms with E-state index in [1.165, 1.54) is 12.8 Å². The Balaban J connectivity index is 2.13. The summed E-state index contributed by atoms with van der Waals surface area (Å²) in [5.41, 5.74) is 0. The van der Waals surface area contributed by atoms with Crippen molar-refractivity contribution in [1.29, 1.82) is 0 Å². The lowest BCUT2D eigenvalue weighted by atomic mass is 10.0. The molecule has 5 heteroatoms. The van der Waals surface area contributed by atoms with Gasteiger partial charge in [-0.2, -0.15) is 0 Å². The van der Waals surface area contributed by atoms with E-state index in [9.17, 15) is 0 Å². The zero-order valence-corrected chi connectivity index (χ0v) is 9.56. The number of rotatable bonds is 3. The summed E-state index contributed by atoms with van der Waals surface area (Å²) in [7, 11) is 1.69. The SMILES string of the molecule is CB(OC1CCCCO1)SI. The molecule has 1 rings (SSSR count). The maximum atomic E-state index is 5.57. The molecular weight excluding hydrogens is 274 g/mol. The Morgan fingerprint density at radius 2 is 2.45 bits per heavy atom. The maximum absolute atomic E-state index is 5.57. The van der Waals surface area contributed by atoms with Gasteiger partial charge in [-0.05, 0) is 47.3 Å². The van der Waals surface area contributed by atoms with Crippen LogP contribution in [0.4, 0.5) is 0 Å². The van der Waals surface area contributed by atoms with Crippen LogP contribution in [0.15, 0.2) is 0 Å². The van der Waals surface area contributed by atoms with Crippen molar-refractivity contribution in [3.05, 3.63) is 0 Å². The van der Waals surface area contributed by atoms with E-state index in [1.54, 1.807) is 8.78 Å². The van der Waals surface area contributed by atoms with E-state index < -0.39 is 0 Å². The first-order valence-electron chi connectivity index (χ1n) is 3.87.